The van der Waals surface area contributed by atoms with Crippen LogP contribution in [0, 0.1) is 6.92 Å². The number of hydrogen-bond acceptors (Lipinski definition) is 5. The van der Waals surface area contributed by atoms with E-state index < -0.39 is 12.0 Å². The molecule has 162 valence electrons. The Balaban J connectivity index is 1.35. The second-order valence-electron chi connectivity index (χ2n) is 7.95. The van der Waals surface area contributed by atoms with Crippen molar-refractivity contribution in [1.82, 2.24) is 9.88 Å². The van der Waals surface area contributed by atoms with Crippen molar-refractivity contribution >= 4 is 5.97 Å². The first-order chi connectivity index (χ1) is 15.1. The number of rotatable bonds is 8. The standard InChI is InChI=1S/C25H28N2O4/c1-18-22(26-24(31-18)20-9-3-2-4-10-20)13-15-30-21-11-7-8-19(16-21)17-27-14-6-5-12-23(27)25(28)29/h2-4,7-11,16,23H,5-6,12-15,17H2,1H3,(H,28,29). The highest BCUT2D eigenvalue weighted by atomic mass is 16.5. The van der Waals surface area contributed by atoms with Gasteiger partial charge in [0.15, 0.2) is 0 Å². The molecule has 1 aliphatic heterocycles. The van der Waals surface area contributed by atoms with Gasteiger partial charge in [-0.05, 0) is 56.1 Å². The van der Waals surface area contributed by atoms with Gasteiger partial charge >= 0.3 is 5.97 Å². The Morgan fingerprint density at radius 3 is 2.84 bits per heavy atom. The third-order valence-electron chi connectivity index (χ3n) is 5.70. The summed E-state index contributed by atoms with van der Waals surface area (Å²) in [6.07, 6.45) is 3.39. The van der Waals surface area contributed by atoms with Crippen LogP contribution in [-0.2, 0) is 17.8 Å². The van der Waals surface area contributed by atoms with E-state index in [1.54, 1.807) is 0 Å². The molecule has 4 rings (SSSR count). The second kappa shape index (κ2) is 9.79. The van der Waals surface area contributed by atoms with Gasteiger partial charge in [-0.3, -0.25) is 9.69 Å². The van der Waals surface area contributed by atoms with E-state index in [9.17, 15) is 9.90 Å². The van der Waals surface area contributed by atoms with Crippen LogP contribution in [0.5, 0.6) is 5.75 Å². The lowest BCUT2D eigenvalue weighted by Gasteiger charge is -2.32. The molecule has 0 bridgehead atoms. The van der Waals surface area contributed by atoms with Crippen LogP contribution < -0.4 is 4.74 Å². The van der Waals surface area contributed by atoms with E-state index in [4.69, 9.17) is 9.15 Å². The number of aliphatic carboxylic acids is 1. The van der Waals surface area contributed by atoms with E-state index >= 15 is 0 Å². The first kappa shape index (κ1) is 21.1. The van der Waals surface area contributed by atoms with Crippen molar-refractivity contribution in [2.24, 2.45) is 0 Å². The molecule has 1 saturated heterocycles. The average molecular weight is 421 g/mol. The Bertz CT molecular complexity index is 1020. The predicted molar refractivity (Wildman–Crippen MR) is 118 cm³/mol. The first-order valence-corrected chi connectivity index (χ1v) is 10.8. The molecule has 6 heteroatoms. The maximum atomic E-state index is 11.5. The van der Waals surface area contributed by atoms with Crippen molar-refractivity contribution in [2.75, 3.05) is 13.2 Å². The predicted octanol–water partition coefficient (Wildman–Crippen LogP) is 4.71. The average Bonchev–Trinajstić information content (AvgIpc) is 3.15. The molecular formula is C25H28N2O4. The highest BCUT2D eigenvalue weighted by Gasteiger charge is 2.28. The number of aromatic nitrogens is 1. The number of hydrogen-bond donors (Lipinski definition) is 1. The fourth-order valence-electron chi connectivity index (χ4n) is 4.06. The number of aryl methyl sites for hydroxylation is 1. The lowest BCUT2D eigenvalue weighted by atomic mass is 10.0. The SMILES string of the molecule is Cc1oc(-c2ccccc2)nc1CCOc1cccc(CN2CCCCC2C(=O)O)c1. The second-order valence-corrected chi connectivity index (χ2v) is 7.95. The van der Waals surface area contributed by atoms with Crippen molar-refractivity contribution in [3.8, 4) is 17.2 Å². The minimum absolute atomic E-state index is 0.396. The van der Waals surface area contributed by atoms with E-state index in [0.717, 1.165) is 47.7 Å². The summed E-state index contributed by atoms with van der Waals surface area (Å²) in [6.45, 7) is 3.85. The number of carbonyl (C=O) groups is 1. The molecule has 1 fully saturated rings. The zero-order valence-electron chi connectivity index (χ0n) is 17.8. The van der Waals surface area contributed by atoms with Gasteiger partial charge in [0.05, 0.1) is 12.3 Å². The molecule has 0 radical (unpaired) electrons. The molecule has 1 aliphatic rings. The molecule has 1 N–H and O–H groups in total. The summed E-state index contributed by atoms with van der Waals surface area (Å²) < 4.78 is 11.8. The number of benzene rings is 2. The monoisotopic (exact) mass is 420 g/mol. The number of carboxylic acid groups (broad SMARTS) is 1. The summed E-state index contributed by atoms with van der Waals surface area (Å²) in [5.74, 6) is 1.49. The molecule has 3 aromatic rings. The topological polar surface area (TPSA) is 75.8 Å². The zero-order valence-corrected chi connectivity index (χ0v) is 17.8. The lowest BCUT2D eigenvalue weighted by molar-refractivity contribution is -0.144. The quantitative estimate of drug-likeness (QED) is 0.569. The van der Waals surface area contributed by atoms with Crippen molar-refractivity contribution in [2.45, 2.75) is 45.2 Å². The van der Waals surface area contributed by atoms with Crippen LogP contribution in [0.2, 0.25) is 0 Å². The molecular weight excluding hydrogens is 392 g/mol. The minimum atomic E-state index is -0.732. The van der Waals surface area contributed by atoms with E-state index in [1.807, 2.05) is 61.5 Å². The Hall–Kier alpha value is -3.12. The van der Waals surface area contributed by atoms with Gasteiger partial charge in [-0.1, -0.05) is 36.8 Å². The molecule has 6 nitrogen and oxygen atoms in total. The van der Waals surface area contributed by atoms with Crippen molar-refractivity contribution in [1.29, 1.82) is 0 Å². The van der Waals surface area contributed by atoms with Crippen molar-refractivity contribution < 1.29 is 19.1 Å². The zero-order chi connectivity index (χ0) is 21.6. The molecule has 1 unspecified atom stereocenters. The molecule has 0 amide bonds. The third kappa shape index (κ3) is 5.33. The number of carboxylic acids is 1. The molecule has 2 heterocycles. The van der Waals surface area contributed by atoms with Crippen LogP contribution in [0.3, 0.4) is 0 Å². The molecule has 0 spiro atoms. The largest absolute Gasteiger partial charge is 0.493 e. The van der Waals surface area contributed by atoms with Gasteiger partial charge < -0.3 is 14.3 Å². The summed E-state index contributed by atoms with van der Waals surface area (Å²) >= 11 is 0. The molecule has 1 aromatic heterocycles. The van der Waals surface area contributed by atoms with Crippen LogP contribution >= 0.6 is 0 Å². The van der Waals surface area contributed by atoms with Gasteiger partial charge in [0, 0.05) is 18.5 Å². The number of oxazole rings is 1. The Morgan fingerprint density at radius 1 is 1.19 bits per heavy atom. The summed E-state index contributed by atoms with van der Waals surface area (Å²) in [5.41, 5.74) is 2.92. The molecule has 0 aliphatic carbocycles. The number of ether oxygens (including phenoxy) is 1. The summed E-state index contributed by atoms with van der Waals surface area (Å²) in [7, 11) is 0. The Morgan fingerprint density at radius 2 is 2.03 bits per heavy atom. The molecule has 1 atom stereocenters. The third-order valence-corrected chi connectivity index (χ3v) is 5.70. The maximum Gasteiger partial charge on any atom is 0.320 e. The lowest BCUT2D eigenvalue weighted by Crippen LogP contribution is -2.43. The van der Waals surface area contributed by atoms with Crippen LogP contribution in [0.4, 0.5) is 0 Å². The fourth-order valence-corrected chi connectivity index (χ4v) is 4.06. The fraction of sp³-hybridized carbons (Fsp3) is 0.360. The van der Waals surface area contributed by atoms with Crippen LogP contribution in [-0.4, -0.2) is 40.2 Å². The first-order valence-electron chi connectivity index (χ1n) is 10.8. The van der Waals surface area contributed by atoms with Crippen molar-refractivity contribution in [3.05, 3.63) is 71.6 Å². The number of piperidine rings is 1. The van der Waals surface area contributed by atoms with Crippen LogP contribution in [0.15, 0.2) is 59.0 Å². The smallest absolute Gasteiger partial charge is 0.320 e. The van der Waals surface area contributed by atoms with E-state index in [-0.39, 0.29) is 0 Å². The molecule has 2 aromatic carbocycles. The molecule has 31 heavy (non-hydrogen) atoms. The van der Waals surface area contributed by atoms with E-state index in [0.29, 0.717) is 31.9 Å². The summed E-state index contributed by atoms with van der Waals surface area (Å²) in [4.78, 5) is 18.2. The summed E-state index contributed by atoms with van der Waals surface area (Å²) in [5, 5.41) is 9.48. The van der Waals surface area contributed by atoms with Gasteiger partial charge in [-0.2, -0.15) is 0 Å². The van der Waals surface area contributed by atoms with E-state index in [1.165, 1.54) is 0 Å². The highest BCUT2D eigenvalue weighted by Crippen LogP contribution is 2.23. The van der Waals surface area contributed by atoms with Gasteiger partial charge in [0.2, 0.25) is 5.89 Å². The Kier molecular flexibility index (Phi) is 6.67. The van der Waals surface area contributed by atoms with Gasteiger partial charge in [-0.25, -0.2) is 4.98 Å². The van der Waals surface area contributed by atoms with Crippen molar-refractivity contribution in [3.63, 3.8) is 0 Å². The van der Waals surface area contributed by atoms with E-state index in [2.05, 4.69) is 9.88 Å². The van der Waals surface area contributed by atoms with Gasteiger partial charge in [0.25, 0.3) is 0 Å². The maximum absolute atomic E-state index is 11.5. The van der Waals surface area contributed by atoms with Gasteiger partial charge in [0.1, 0.15) is 17.6 Å². The summed E-state index contributed by atoms with van der Waals surface area (Å²) in [6, 6.07) is 17.4. The Labute approximate surface area is 182 Å². The molecule has 0 saturated carbocycles. The minimum Gasteiger partial charge on any atom is -0.493 e. The normalized spacial score (nSPS) is 16.9. The van der Waals surface area contributed by atoms with Gasteiger partial charge in [-0.15, -0.1) is 0 Å². The number of likely N-dealkylation sites (tertiary alicyclic amines) is 1. The van der Waals surface area contributed by atoms with Crippen LogP contribution in [0.25, 0.3) is 11.5 Å². The van der Waals surface area contributed by atoms with Crippen LogP contribution in [0.1, 0.15) is 36.3 Å². The highest BCUT2D eigenvalue weighted by molar-refractivity contribution is 5.73. The number of nitrogens with zero attached hydrogens (tertiary/aromatic N) is 2.